The second-order valence-corrected chi connectivity index (χ2v) is 5.78. The van der Waals surface area contributed by atoms with Crippen LogP contribution in [0.4, 0.5) is 0 Å². The van der Waals surface area contributed by atoms with Gasteiger partial charge in [-0.1, -0.05) is 13.8 Å². The third kappa shape index (κ3) is 3.23. The van der Waals surface area contributed by atoms with Crippen LogP contribution in [0.5, 0.6) is 0 Å². The van der Waals surface area contributed by atoms with Gasteiger partial charge in [0.2, 0.25) is 0 Å². The predicted molar refractivity (Wildman–Crippen MR) is 74.8 cm³/mol. The molecule has 0 aromatic rings. The number of likely N-dealkylation sites (N-methyl/N-ethyl adjacent to an activating group) is 1. The summed E-state index contributed by atoms with van der Waals surface area (Å²) in [7, 11) is 5.77. The van der Waals surface area contributed by atoms with E-state index in [1.807, 2.05) is 26.1 Å². The van der Waals surface area contributed by atoms with E-state index in [-0.39, 0.29) is 11.5 Å². The lowest BCUT2D eigenvalue weighted by Crippen LogP contribution is -2.64. The first-order chi connectivity index (χ1) is 8.50. The third-order valence-corrected chi connectivity index (χ3v) is 4.56. The standard InChI is InChI=1S/C14H30N2O2/c1-6-14(7-2)12(8-13(14)18-5)15-9-11(17)10-16(3)4/h11-13,15,17H,6-10H2,1-5H3. The number of aliphatic hydroxyl groups excluding tert-OH is 1. The molecule has 1 aliphatic carbocycles. The van der Waals surface area contributed by atoms with Crippen LogP contribution in [0.25, 0.3) is 0 Å². The molecule has 0 aromatic heterocycles. The summed E-state index contributed by atoms with van der Waals surface area (Å²) in [6.45, 7) is 5.85. The van der Waals surface area contributed by atoms with Gasteiger partial charge in [0.25, 0.3) is 0 Å². The lowest BCUT2D eigenvalue weighted by atomic mass is 9.58. The van der Waals surface area contributed by atoms with Crippen molar-refractivity contribution in [1.82, 2.24) is 10.2 Å². The van der Waals surface area contributed by atoms with Gasteiger partial charge in [-0.25, -0.2) is 0 Å². The van der Waals surface area contributed by atoms with Gasteiger partial charge < -0.3 is 20.1 Å². The lowest BCUT2D eigenvalue weighted by molar-refractivity contribution is -0.125. The Morgan fingerprint density at radius 1 is 1.39 bits per heavy atom. The molecule has 1 rings (SSSR count). The van der Waals surface area contributed by atoms with Crippen LogP contribution in [-0.4, -0.2) is 62.6 Å². The SMILES string of the molecule is CCC1(CC)C(NCC(O)CN(C)C)CC1OC. The molecule has 2 N–H and O–H groups in total. The molecule has 0 aromatic carbocycles. The van der Waals surface area contributed by atoms with Crippen molar-refractivity contribution in [2.75, 3.05) is 34.3 Å². The Balaban J connectivity index is 2.43. The molecule has 3 unspecified atom stereocenters. The quantitative estimate of drug-likeness (QED) is 0.684. The van der Waals surface area contributed by atoms with E-state index in [0.717, 1.165) is 19.3 Å². The number of hydrogen-bond donors (Lipinski definition) is 2. The Morgan fingerprint density at radius 2 is 2.00 bits per heavy atom. The molecule has 1 aliphatic rings. The Bertz CT molecular complexity index is 242. The molecule has 3 atom stereocenters. The molecule has 1 saturated carbocycles. The van der Waals surface area contributed by atoms with Gasteiger partial charge in [0.1, 0.15) is 0 Å². The summed E-state index contributed by atoms with van der Waals surface area (Å²) in [6, 6.07) is 0.481. The number of methoxy groups -OCH3 is 1. The maximum atomic E-state index is 9.89. The van der Waals surface area contributed by atoms with Crippen molar-refractivity contribution in [1.29, 1.82) is 0 Å². The normalized spacial score (nSPS) is 28.2. The van der Waals surface area contributed by atoms with Crippen molar-refractivity contribution in [3.63, 3.8) is 0 Å². The fourth-order valence-electron chi connectivity index (χ4n) is 3.33. The van der Waals surface area contributed by atoms with Gasteiger partial charge in [-0.3, -0.25) is 0 Å². The zero-order valence-corrected chi connectivity index (χ0v) is 12.6. The number of ether oxygens (including phenoxy) is 1. The van der Waals surface area contributed by atoms with Crippen LogP contribution in [0.2, 0.25) is 0 Å². The molecule has 0 radical (unpaired) electrons. The fourth-order valence-corrected chi connectivity index (χ4v) is 3.33. The summed E-state index contributed by atoms with van der Waals surface area (Å²) in [5.41, 5.74) is 0.257. The molecule has 4 heteroatoms. The van der Waals surface area contributed by atoms with Crippen LogP contribution in [-0.2, 0) is 4.74 Å². The molecule has 0 spiro atoms. The number of hydrogen-bond acceptors (Lipinski definition) is 4. The zero-order chi connectivity index (χ0) is 13.8. The molecular formula is C14H30N2O2. The van der Waals surface area contributed by atoms with E-state index in [9.17, 15) is 5.11 Å². The minimum absolute atomic E-state index is 0.257. The minimum Gasteiger partial charge on any atom is -0.390 e. The summed E-state index contributed by atoms with van der Waals surface area (Å²) >= 11 is 0. The first-order valence-electron chi connectivity index (χ1n) is 7.09. The second kappa shape index (κ2) is 6.85. The van der Waals surface area contributed by atoms with Gasteiger partial charge in [-0.2, -0.15) is 0 Å². The second-order valence-electron chi connectivity index (χ2n) is 5.78. The van der Waals surface area contributed by atoms with Crippen LogP contribution in [0, 0.1) is 5.41 Å². The Kier molecular flexibility index (Phi) is 6.05. The van der Waals surface area contributed by atoms with E-state index in [0.29, 0.717) is 25.2 Å². The van der Waals surface area contributed by atoms with Crippen LogP contribution >= 0.6 is 0 Å². The first kappa shape index (κ1) is 15.9. The zero-order valence-electron chi connectivity index (χ0n) is 12.6. The van der Waals surface area contributed by atoms with E-state index < -0.39 is 0 Å². The first-order valence-corrected chi connectivity index (χ1v) is 7.09. The monoisotopic (exact) mass is 258 g/mol. The van der Waals surface area contributed by atoms with Crippen molar-refractivity contribution in [3.05, 3.63) is 0 Å². The lowest BCUT2D eigenvalue weighted by Gasteiger charge is -2.55. The van der Waals surface area contributed by atoms with Crippen LogP contribution in [0.1, 0.15) is 33.1 Å². The number of rotatable bonds is 8. The van der Waals surface area contributed by atoms with Crippen molar-refractivity contribution >= 4 is 0 Å². The predicted octanol–water partition coefficient (Wildman–Crippen LogP) is 1.09. The van der Waals surface area contributed by atoms with E-state index in [4.69, 9.17) is 4.74 Å². The molecule has 18 heavy (non-hydrogen) atoms. The van der Waals surface area contributed by atoms with Crippen molar-refractivity contribution < 1.29 is 9.84 Å². The summed E-state index contributed by atoms with van der Waals surface area (Å²) in [5, 5.41) is 13.4. The average Bonchev–Trinajstić information content (AvgIpc) is 2.29. The molecule has 4 nitrogen and oxygen atoms in total. The highest BCUT2D eigenvalue weighted by molar-refractivity contribution is 5.06. The molecule has 1 fully saturated rings. The summed E-state index contributed by atoms with van der Waals surface area (Å²) < 4.78 is 5.57. The minimum atomic E-state index is -0.298. The van der Waals surface area contributed by atoms with Crippen molar-refractivity contribution in [2.45, 2.75) is 51.4 Å². The van der Waals surface area contributed by atoms with Crippen LogP contribution in [0.3, 0.4) is 0 Å². The van der Waals surface area contributed by atoms with Crippen LogP contribution in [0.15, 0.2) is 0 Å². The number of nitrogens with zero attached hydrogens (tertiary/aromatic N) is 1. The van der Waals surface area contributed by atoms with Gasteiger partial charge in [-0.05, 0) is 33.4 Å². The highest BCUT2D eigenvalue weighted by Crippen LogP contribution is 2.48. The van der Waals surface area contributed by atoms with E-state index in [1.54, 1.807) is 0 Å². The summed E-state index contributed by atoms with van der Waals surface area (Å²) in [5.74, 6) is 0. The maximum absolute atomic E-state index is 9.89. The van der Waals surface area contributed by atoms with Crippen molar-refractivity contribution in [2.24, 2.45) is 5.41 Å². The topological polar surface area (TPSA) is 44.7 Å². The van der Waals surface area contributed by atoms with Crippen LogP contribution < -0.4 is 5.32 Å². The number of aliphatic hydroxyl groups is 1. The Morgan fingerprint density at radius 3 is 2.44 bits per heavy atom. The highest BCUT2D eigenvalue weighted by Gasteiger charge is 2.52. The fraction of sp³-hybridized carbons (Fsp3) is 1.00. The summed E-state index contributed by atoms with van der Waals surface area (Å²) in [6.07, 6.45) is 3.39. The van der Waals surface area contributed by atoms with Crippen molar-refractivity contribution in [3.8, 4) is 0 Å². The summed E-state index contributed by atoms with van der Waals surface area (Å²) in [4.78, 5) is 2.01. The molecule has 0 aliphatic heterocycles. The molecule has 0 bridgehead atoms. The molecule has 0 amide bonds. The highest BCUT2D eigenvalue weighted by atomic mass is 16.5. The smallest absolute Gasteiger partial charge is 0.0791 e. The van der Waals surface area contributed by atoms with Gasteiger partial charge in [0.05, 0.1) is 12.2 Å². The molecular weight excluding hydrogens is 228 g/mol. The maximum Gasteiger partial charge on any atom is 0.0791 e. The van der Waals surface area contributed by atoms with Gasteiger partial charge in [-0.15, -0.1) is 0 Å². The van der Waals surface area contributed by atoms with E-state index >= 15 is 0 Å². The Labute approximate surface area is 112 Å². The third-order valence-electron chi connectivity index (χ3n) is 4.56. The largest absolute Gasteiger partial charge is 0.390 e. The average molecular weight is 258 g/mol. The molecule has 0 saturated heterocycles. The van der Waals surface area contributed by atoms with E-state index in [1.165, 1.54) is 0 Å². The van der Waals surface area contributed by atoms with Gasteiger partial charge in [0.15, 0.2) is 0 Å². The Hall–Kier alpha value is -0.160. The van der Waals surface area contributed by atoms with E-state index in [2.05, 4.69) is 19.2 Å². The van der Waals surface area contributed by atoms with Gasteiger partial charge in [0, 0.05) is 31.7 Å². The number of nitrogens with one attached hydrogen (secondary N) is 1. The molecule has 0 heterocycles. The molecule has 108 valence electrons. The van der Waals surface area contributed by atoms with Gasteiger partial charge >= 0.3 is 0 Å².